The Labute approximate surface area is 81.8 Å². The minimum atomic E-state index is -2.28. The van der Waals surface area contributed by atoms with Gasteiger partial charge in [-0.25, -0.2) is 0 Å². The minimum Gasteiger partial charge on any atom is -0.310 e. The highest BCUT2D eigenvalue weighted by Gasteiger charge is 2.11. The second-order valence-electron chi connectivity index (χ2n) is 4.02. The molecular weight excluding hydrogens is 187 g/mol. The Hall–Kier alpha value is 0.150. The highest BCUT2D eigenvalue weighted by molar-refractivity contribution is 7.33. The van der Waals surface area contributed by atoms with Gasteiger partial charge in [0.25, 0.3) is 0 Å². The summed E-state index contributed by atoms with van der Waals surface area (Å²) in [6.07, 6.45) is -0.00134. The molecule has 0 radical (unpaired) electrons. The Kier molecular flexibility index (Phi) is 6.66. The zero-order chi connectivity index (χ0) is 10.4. The van der Waals surface area contributed by atoms with E-state index in [0.717, 1.165) is 0 Å². The van der Waals surface area contributed by atoms with Crippen LogP contribution in [0.25, 0.3) is 0 Å². The first-order chi connectivity index (χ1) is 5.93. The second kappa shape index (κ2) is 6.58. The molecule has 0 aliphatic rings. The highest BCUT2D eigenvalue weighted by atomic mass is 31.1. The van der Waals surface area contributed by atoms with Crippen LogP contribution in [0.5, 0.6) is 0 Å². The fourth-order valence-electron chi connectivity index (χ4n) is 0.557. The van der Waals surface area contributed by atoms with E-state index in [1.54, 1.807) is 0 Å². The van der Waals surface area contributed by atoms with Gasteiger partial charge < -0.3 is 9.05 Å². The molecule has 3 nitrogen and oxygen atoms in total. The van der Waals surface area contributed by atoms with E-state index in [0.29, 0.717) is 18.4 Å². The van der Waals surface area contributed by atoms with Gasteiger partial charge in [-0.3, -0.25) is 4.57 Å². The zero-order valence-corrected chi connectivity index (χ0v) is 10.2. The molecule has 0 heterocycles. The van der Waals surface area contributed by atoms with Gasteiger partial charge in [-0.15, -0.1) is 0 Å². The zero-order valence-electron chi connectivity index (χ0n) is 9.16. The number of hydrogen-bond donors (Lipinski definition) is 0. The van der Waals surface area contributed by atoms with Crippen molar-refractivity contribution in [3.05, 3.63) is 0 Å². The molecule has 2 atom stereocenters. The van der Waals surface area contributed by atoms with Crippen LogP contribution in [-0.4, -0.2) is 12.7 Å². The molecule has 0 bridgehead atoms. The Morgan fingerprint density at radius 3 is 2.08 bits per heavy atom. The van der Waals surface area contributed by atoms with Gasteiger partial charge in [0.05, 0.1) is 12.7 Å². The van der Waals surface area contributed by atoms with E-state index in [2.05, 4.69) is 0 Å². The van der Waals surface area contributed by atoms with Crippen molar-refractivity contribution in [2.24, 2.45) is 11.8 Å². The SMILES string of the molecule is CC(C)CO[PH](=O)OC(C)C(C)C. The van der Waals surface area contributed by atoms with Crippen molar-refractivity contribution < 1.29 is 13.6 Å². The van der Waals surface area contributed by atoms with Crippen LogP contribution in [-0.2, 0) is 13.6 Å². The van der Waals surface area contributed by atoms with E-state index in [4.69, 9.17) is 9.05 Å². The predicted molar refractivity (Wildman–Crippen MR) is 55.2 cm³/mol. The van der Waals surface area contributed by atoms with E-state index in [1.165, 1.54) is 0 Å². The molecule has 0 rings (SSSR count). The van der Waals surface area contributed by atoms with Crippen molar-refractivity contribution in [3.8, 4) is 0 Å². The Balaban J connectivity index is 3.62. The van der Waals surface area contributed by atoms with Crippen LogP contribution in [0.1, 0.15) is 34.6 Å². The summed E-state index contributed by atoms with van der Waals surface area (Å²) in [5, 5.41) is 0. The van der Waals surface area contributed by atoms with Crippen molar-refractivity contribution in [3.63, 3.8) is 0 Å². The quantitative estimate of drug-likeness (QED) is 0.629. The molecular formula is C9H21O3P. The molecule has 13 heavy (non-hydrogen) atoms. The molecule has 0 spiro atoms. The van der Waals surface area contributed by atoms with Crippen LogP contribution in [0.2, 0.25) is 0 Å². The summed E-state index contributed by atoms with van der Waals surface area (Å²) in [4.78, 5) is 0. The molecule has 80 valence electrons. The lowest BCUT2D eigenvalue weighted by Crippen LogP contribution is -2.12. The van der Waals surface area contributed by atoms with E-state index in [1.807, 2.05) is 34.6 Å². The summed E-state index contributed by atoms with van der Waals surface area (Å²) in [5.41, 5.74) is 0. The van der Waals surface area contributed by atoms with Crippen molar-refractivity contribution in [1.82, 2.24) is 0 Å². The highest BCUT2D eigenvalue weighted by Crippen LogP contribution is 2.28. The summed E-state index contributed by atoms with van der Waals surface area (Å²) >= 11 is 0. The van der Waals surface area contributed by atoms with Crippen molar-refractivity contribution in [2.45, 2.75) is 40.7 Å². The van der Waals surface area contributed by atoms with Crippen LogP contribution in [0, 0.1) is 11.8 Å². The smallest absolute Gasteiger partial charge is 0.310 e. The largest absolute Gasteiger partial charge is 0.319 e. The van der Waals surface area contributed by atoms with Crippen LogP contribution in [0.15, 0.2) is 0 Å². The Morgan fingerprint density at radius 2 is 1.69 bits per heavy atom. The lowest BCUT2D eigenvalue weighted by atomic mass is 10.1. The van der Waals surface area contributed by atoms with Crippen LogP contribution in [0.3, 0.4) is 0 Å². The average Bonchev–Trinajstić information content (AvgIpc) is 2.00. The number of rotatable bonds is 6. The molecule has 0 aromatic heterocycles. The molecule has 0 saturated carbocycles. The first kappa shape index (κ1) is 13.2. The standard InChI is InChI=1S/C9H21O3P/c1-7(2)6-11-13(10)12-9(5)8(3)4/h7-9,13H,6H2,1-5H3. The molecule has 0 aromatic rings. The molecule has 2 unspecified atom stereocenters. The van der Waals surface area contributed by atoms with E-state index < -0.39 is 8.25 Å². The lowest BCUT2D eigenvalue weighted by Gasteiger charge is -2.16. The summed E-state index contributed by atoms with van der Waals surface area (Å²) in [7, 11) is -2.28. The van der Waals surface area contributed by atoms with Gasteiger partial charge in [0.2, 0.25) is 0 Å². The van der Waals surface area contributed by atoms with Crippen LogP contribution < -0.4 is 0 Å². The van der Waals surface area contributed by atoms with Gasteiger partial charge in [0.1, 0.15) is 0 Å². The molecule has 0 aliphatic carbocycles. The maximum Gasteiger partial charge on any atom is 0.319 e. The lowest BCUT2D eigenvalue weighted by molar-refractivity contribution is 0.135. The van der Waals surface area contributed by atoms with E-state index >= 15 is 0 Å². The summed E-state index contributed by atoms with van der Waals surface area (Å²) in [5.74, 6) is 0.767. The third kappa shape index (κ3) is 7.24. The van der Waals surface area contributed by atoms with E-state index in [9.17, 15) is 4.57 Å². The predicted octanol–water partition coefficient (Wildman–Crippen LogP) is 3.11. The Morgan fingerprint density at radius 1 is 1.15 bits per heavy atom. The van der Waals surface area contributed by atoms with Crippen molar-refractivity contribution >= 4 is 8.25 Å². The topological polar surface area (TPSA) is 35.5 Å². The van der Waals surface area contributed by atoms with Crippen LogP contribution in [0.4, 0.5) is 0 Å². The molecule has 4 heteroatoms. The van der Waals surface area contributed by atoms with Gasteiger partial charge in [-0.05, 0) is 18.8 Å². The molecule has 0 aliphatic heterocycles. The molecule has 0 fully saturated rings. The molecule has 0 aromatic carbocycles. The fraction of sp³-hybridized carbons (Fsp3) is 1.00. The summed E-state index contributed by atoms with van der Waals surface area (Å²) in [6, 6.07) is 0. The van der Waals surface area contributed by atoms with Gasteiger partial charge in [0.15, 0.2) is 0 Å². The summed E-state index contributed by atoms with van der Waals surface area (Å²) < 4.78 is 21.4. The monoisotopic (exact) mass is 208 g/mol. The average molecular weight is 208 g/mol. The molecule has 0 saturated heterocycles. The maximum absolute atomic E-state index is 11.2. The van der Waals surface area contributed by atoms with Gasteiger partial charge in [-0.2, -0.15) is 0 Å². The minimum absolute atomic E-state index is 0.00134. The first-order valence-corrected chi connectivity index (χ1v) is 5.99. The van der Waals surface area contributed by atoms with Crippen molar-refractivity contribution in [1.29, 1.82) is 0 Å². The second-order valence-corrected chi connectivity index (χ2v) is 5.05. The van der Waals surface area contributed by atoms with Crippen molar-refractivity contribution in [2.75, 3.05) is 6.61 Å². The number of hydrogen-bond acceptors (Lipinski definition) is 3. The van der Waals surface area contributed by atoms with Gasteiger partial charge >= 0.3 is 8.25 Å². The maximum atomic E-state index is 11.2. The van der Waals surface area contributed by atoms with Crippen LogP contribution >= 0.6 is 8.25 Å². The Bertz CT molecular complexity index is 157. The molecule has 0 N–H and O–H groups in total. The third-order valence-corrected chi connectivity index (χ3v) is 2.72. The molecule has 0 amide bonds. The van der Waals surface area contributed by atoms with E-state index in [-0.39, 0.29) is 6.10 Å². The van der Waals surface area contributed by atoms with Gasteiger partial charge in [0, 0.05) is 0 Å². The normalized spacial score (nSPS) is 16.5. The third-order valence-electron chi connectivity index (χ3n) is 1.76. The summed E-state index contributed by atoms with van der Waals surface area (Å²) in [6.45, 7) is 10.5. The van der Waals surface area contributed by atoms with Gasteiger partial charge in [-0.1, -0.05) is 27.7 Å². The first-order valence-electron chi connectivity index (χ1n) is 4.77. The fourth-order valence-corrected chi connectivity index (χ4v) is 1.67.